The van der Waals surface area contributed by atoms with Gasteiger partial charge in [-0.25, -0.2) is 4.79 Å². The van der Waals surface area contributed by atoms with Crippen LogP contribution in [0.4, 0.5) is 10.5 Å². The van der Waals surface area contributed by atoms with Gasteiger partial charge >= 0.3 is 6.09 Å². The molecule has 0 aliphatic carbocycles. The SMILES string of the molecule is Cc1ccc(C(NCCCC[C@H](NC(=O)O)C(=O)Nc2ccc(CO)cc2)(c2ccccc2)c2ccccc2)cc1. The number of hydrogen-bond acceptors (Lipinski definition) is 4. The van der Waals surface area contributed by atoms with Gasteiger partial charge in [-0.1, -0.05) is 103 Å². The molecule has 0 radical (unpaired) electrons. The Balaban J connectivity index is 1.48. The van der Waals surface area contributed by atoms with Gasteiger partial charge in [-0.05, 0) is 67.1 Å². The molecule has 0 bridgehead atoms. The molecule has 2 amide bonds. The van der Waals surface area contributed by atoms with Crippen LogP contribution in [0.3, 0.4) is 0 Å². The zero-order valence-electron chi connectivity index (χ0n) is 23.2. The predicted octanol–water partition coefficient (Wildman–Crippen LogP) is 5.81. The lowest BCUT2D eigenvalue weighted by Crippen LogP contribution is -2.45. The highest BCUT2D eigenvalue weighted by Gasteiger charge is 2.35. The molecule has 0 unspecified atom stereocenters. The van der Waals surface area contributed by atoms with Crippen LogP contribution < -0.4 is 16.0 Å². The van der Waals surface area contributed by atoms with E-state index in [1.54, 1.807) is 24.3 Å². The Morgan fingerprint density at radius 1 is 0.756 bits per heavy atom. The van der Waals surface area contributed by atoms with Crippen molar-refractivity contribution in [1.29, 1.82) is 0 Å². The van der Waals surface area contributed by atoms with E-state index in [0.29, 0.717) is 25.1 Å². The normalized spacial score (nSPS) is 12.0. The largest absolute Gasteiger partial charge is 0.465 e. The van der Waals surface area contributed by atoms with Gasteiger partial charge in [-0.3, -0.25) is 10.1 Å². The number of carboxylic acid groups (broad SMARTS) is 1. The number of anilines is 1. The van der Waals surface area contributed by atoms with E-state index < -0.39 is 23.6 Å². The van der Waals surface area contributed by atoms with Crippen LogP contribution in [0.25, 0.3) is 0 Å². The van der Waals surface area contributed by atoms with Gasteiger partial charge in [-0.2, -0.15) is 0 Å². The molecule has 4 aromatic carbocycles. The minimum absolute atomic E-state index is 0.0921. The summed E-state index contributed by atoms with van der Waals surface area (Å²) in [6.07, 6.45) is 0.458. The van der Waals surface area contributed by atoms with Crippen molar-refractivity contribution in [3.8, 4) is 0 Å². The van der Waals surface area contributed by atoms with E-state index in [9.17, 15) is 19.8 Å². The van der Waals surface area contributed by atoms with Crippen LogP contribution in [0.5, 0.6) is 0 Å². The van der Waals surface area contributed by atoms with Crippen molar-refractivity contribution in [2.45, 2.75) is 44.4 Å². The molecule has 1 atom stereocenters. The molecule has 4 aromatic rings. The van der Waals surface area contributed by atoms with Gasteiger partial charge in [0.15, 0.2) is 0 Å². The molecule has 0 heterocycles. The summed E-state index contributed by atoms with van der Waals surface area (Å²) in [6, 6.07) is 35.2. The van der Waals surface area contributed by atoms with E-state index >= 15 is 0 Å². The molecule has 0 aliphatic heterocycles. The van der Waals surface area contributed by atoms with E-state index in [1.165, 1.54) is 5.56 Å². The van der Waals surface area contributed by atoms with Crippen molar-refractivity contribution in [3.63, 3.8) is 0 Å². The van der Waals surface area contributed by atoms with Gasteiger partial charge in [0.05, 0.1) is 12.1 Å². The molecule has 0 aliphatic rings. The molecule has 0 saturated heterocycles. The summed E-state index contributed by atoms with van der Waals surface area (Å²) in [5.41, 5.74) is 5.22. The Morgan fingerprint density at radius 2 is 1.32 bits per heavy atom. The molecule has 0 spiro atoms. The molecule has 7 nitrogen and oxygen atoms in total. The van der Waals surface area contributed by atoms with Crippen molar-refractivity contribution < 1.29 is 19.8 Å². The number of nitrogens with one attached hydrogen (secondary N) is 3. The highest BCUT2D eigenvalue weighted by atomic mass is 16.4. The summed E-state index contributed by atoms with van der Waals surface area (Å²) in [7, 11) is 0. The first-order valence-electron chi connectivity index (χ1n) is 13.9. The molecule has 5 N–H and O–H groups in total. The van der Waals surface area contributed by atoms with E-state index in [0.717, 1.165) is 28.7 Å². The zero-order valence-corrected chi connectivity index (χ0v) is 23.2. The maximum atomic E-state index is 12.9. The number of amides is 2. The lowest BCUT2D eigenvalue weighted by atomic mass is 9.76. The molecule has 41 heavy (non-hydrogen) atoms. The van der Waals surface area contributed by atoms with Gasteiger partial charge in [0.2, 0.25) is 5.91 Å². The summed E-state index contributed by atoms with van der Waals surface area (Å²) < 4.78 is 0. The van der Waals surface area contributed by atoms with Crippen LogP contribution in [0.1, 0.15) is 47.1 Å². The minimum Gasteiger partial charge on any atom is -0.465 e. The molecule has 0 fully saturated rings. The van der Waals surface area contributed by atoms with Crippen LogP contribution in [0.15, 0.2) is 109 Å². The van der Waals surface area contributed by atoms with Crippen molar-refractivity contribution >= 4 is 17.7 Å². The number of aryl methyl sites for hydroxylation is 1. The fourth-order valence-electron chi connectivity index (χ4n) is 5.08. The van der Waals surface area contributed by atoms with Crippen LogP contribution >= 0.6 is 0 Å². The summed E-state index contributed by atoms with van der Waals surface area (Å²) in [6.45, 7) is 2.62. The van der Waals surface area contributed by atoms with Gasteiger partial charge in [0.1, 0.15) is 6.04 Å². The molecule has 212 valence electrons. The Morgan fingerprint density at radius 3 is 1.85 bits per heavy atom. The Labute approximate surface area is 241 Å². The van der Waals surface area contributed by atoms with Gasteiger partial charge in [-0.15, -0.1) is 0 Å². The van der Waals surface area contributed by atoms with Crippen LogP contribution in [-0.4, -0.2) is 34.8 Å². The molecule has 7 heteroatoms. The van der Waals surface area contributed by atoms with E-state index in [-0.39, 0.29) is 6.61 Å². The maximum absolute atomic E-state index is 12.9. The first kappa shape index (κ1) is 29.5. The first-order chi connectivity index (χ1) is 19.9. The number of aliphatic hydroxyl groups is 1. The van der Waals surface area contributed by atoms with Crippen LogP contribution in [0.2, 0.25) is 0 Å². The summed E-state index contributed by atoms with van der Waals surface area (Å²) in [4.78, 5) is 24.3. The molecular formula is C34H37N3O4. The maximum Gasteiger partial charge on any atom is 0.405 e. The van der Waals surface area contributed by atoms with E-state index in [1.807, 2.05) is 36.4 Å². The Hall–Kier alpha value is -4.46. The second-order valence-corrected chi connectivity index (χ2v) is 10.1. The summed E-state index contributed by atoms with van der Waals surface area (Å²) >= 11 is 0. The zero-order chi connectivity index (χ0) is 29.1. The number of aliphatic hydroxyl groups excluding tert-OH is 1. The Kier molecular flexibility index (Phi) is 10.3. The number of hydrogen-bond donors (Lipinski definition) is 5. The van der Waals surface area contributed by atoms with Crippen molar-refractivity contribution in [3.05, 3.63) is 137 Å². The summed E-state index contributed by atoms with van der Waals surface area (Å²) in [5.74, 6) is -0.417. The fourth-order valence-corrected chi connectivity index (χ4v) is 5.08. The fraction of sp³-hybridized carbons (Fsp3) is 0.235. The number of carbonyl (C=O) groups is 2. The second-order valence-electron chi connectivity index (χ2n) is 10.1. The minimum atomic E-state index is -1.24. The predicted molar refractivity (Wildman–Crippen MR) is 162 cm³/mol. The quantitative estimate of drug-likeness (QED) is 0.106. The third-order valence-corrected chi connectivity index (χ3v) is 7.23. The van der Waals surface area contributed by atoms with Crippen molar-refractivity contribution in [2.24, 2.45) is 0 Å². The molecule has 0 aromatic heterocycles. The Bertz CT molecular complexity index is 1350. The average Bonchev–Trinajstić information content (AvgIpc) is 3.00. The topological polar surface area (TPSA) is 111 Å². The smallest absolute Gasteiger partial charge is 0.405 e. The third-order valence-electron chi connectivity index (χ3n) is 7.23. The van der Waals surface area contributed by atoms with Crippen molar-refractivity contribution in [2.75, 3.05) is 11.9 Å². The lowest BCUT2D eigenvalue weighted by Gasteiger charge is -2.37. The van der Waals surface area contributed by atoms with E-state index in [2.05, 4.69) is 71.4 Å². The van der Waals surface area contributed by atoms with Crippen molar-refractivity contribution in [1.82, 2.24) is 10.6 Å². The van der Waals surface area contributed by atoms with Gasteiger partial charge < -0.3 is 20.8 Å². The number of rotatable bonds is 13. The molecule has 4 rings (SSSR count). The number of benzene rings is 4. The standard InChI is InChI=1S/C34H37N3O4/c1-25-15-19-29(20-16-25)34(27-10-4-2-5-11-27,28-12-6-3-7-13-28)35-23-9-8-14-31(37-33(40)41)32(39)36-30-21-17-26(24-38)18-22-30/h2-7,10-13,15-22,31,35,37-38H,8-9,14,23-24H2,1H3,(H,36,39)(H,40,41)/t31-/m0/s1. The highest BCUT2D eigenvalue weighted by molar-refractivity contribution is 5.96. The number of unbranched alkanes of at least 4 members (excludes halogenated alkanes) is 1. The van der Waals surface area contributed by atoms with E-state index in [4.69, 9.17) is 0 Å². The molecular weight excluding hydrogens is 514 g/mol. The summed E-state index contributed by atoms with van der Waals surface area (Å²) in [5, 5.41) is 27.5. The van der Waals surface area contributed by atoms with Crippen LogP contribution in [0, 0.1) is 6.92 Å². The third kappa shape index (κ3) is 7.60. The van der Waals surface area contributed by atoms with Crippen LogP contribution in [-0.2, 0) is 16.9 Å². The first-order valence-corrected chi connectivity index (χ1v) is 13.9. The average molecular weight is 552 g/mol. The highest BCUT2D eigenvalue weighted by Crippen LogP contribution is 2.37. The lowest BCUT2D eigenvalue weighted by molar-refractivity contribution is -0.118. The van der Waals surface area contributed by atoms with Gasteiger partial charge in [0, 0.05) is 5.69 Å². The number of carbonyl (C=O) groups excluding carboxylic acids is 1. The second kappa shape index (κ2) is 14.3. The monoisotopic (exact) mass is 551 g/mol. The van der Waals surface area contributed by atoms with Gasteiger partial charge in [0.25, 0.3) is 0 Å². The molecule has 0 saturated carbocycles.